The fourth-order valence-corrected chi connectivity index (χ4v) is 3.41. The Kier molecular flexibility index (Phi) is 5.32. The van der Waals surface area contributed by atoms with Gasteiger partial charge in [-0.3, -0.25) is 14.9 Å². The number of carboxylic acid groups (broad SMARTS) is 1. The number of rotatable bonds is 5. The molecular formula is C14H18N2O4S. The average molecular weight is 310 g/mol. The van der Waals surface area contributed by atoms with Crippen molar-refractivity contribution in [3.05, 3.63) is 21.9 Å². The summed E-state index contributed by atoms with van der Waals surface area (Å²) in [5, 5.41) is 15.6. The number of imide groups is 1. The van der Waals surface area contributed by atoms with Gasteiger partial charge in [-0.25, -0.2) is 4.79 Å². The van der Waals surface area contributed by atoms with Crippen LogP contribution in [0.25, 0.3) is 0 Å². The van der Waals surface area contributed by atoms with Crippen LogP contribution in [0, 0.1) is 0 Å². The number of carbonyl (C=O) groups excluding carboxylic acids is 2. The number of nitrogens with one attached hydrogen (secondary N) is 2. The lowest BCUT2D eigenvalue weighted by Gasteiger charge is -2.23. The van der Waals surface area contributed by atoms with E-state index >= 15 is 0 Å². The van der Waals surface area contributed by atoms with Crippen LogP contribution in [0.15, 0.2) is 11.4 Å². The molecule has 7 heteroatoms. The third-order valence-electron chi connectivity index (χ3n) is 3.40. The van der Waals surface area contributed by atoms with Gasteiger partial charge >= 0.3 is 12.0 Å². The summed E-state index contributed by atoms with van der Waals surface area (Å²) >= 11 is 1.69. The Labute approximate surface area is 126 Å². The van der Waals surface area contributed by atoms with E-state index in [0.717, 1.165) is 24.8 Å². The van der Waals surface area contributed by atoms with Gasteiger partial charge in [-0.05, 0) is 42.7 Å². The smallest absolute Gasteiger partial charge is 0.321 e. The van der Waals surface area contributed by atoms with E-state index in [0.29, 0.717) is 0 Å². The molecule has 0 saturated carbocycles. The minimum atomic E-state index is -0.945. The zero-order chi connectivity index (χ0) is 15.2. The molecule has 3 N–H and O–H groups in total. The molecule has 1 aromatic heterocycles. The quantitative estimate of drug-likeness (QED) is 0.777. The van der Waals surface area contributed by atoms with E-state index in [2.05, 4.69) is 10.6 Å². The molecule has 1 aliphatic carbocycles. The molecule has 1 unspecified atom stereocenters. The van der Waals surface area contributed by atoms with Crippen molar-refractivity contribution in [1.82, 2.24) is 10.6 Å². The maximum Gasteiger partial charge on any atom is 0.321 e. The highest BCUT2D eigenvalue weighted by Crippen LogP contribution is 2.33. The third kappa shape index (κ3) is 4.56. The van der Waals surface area contributed by atoms with Crippen LogP contribution in [0.2, 0.25) is 0 Å². The molecule has 0 aliphatic heterocycles. The number of fused-ring (bicyclic) bond motifs is 1. The Bertz CT molecular complexity index is 541. The maximum atomic E-state index is 11.8. The van der Waals surface area contributed by atoms with E-state index in [9.17, 15) is 14.4 Å². The first-order valence-corrected chi connectivity index (χ1v) is 7.82. The van der Waals surface area contributed by atoms with Crippen molar-refractivity contribution in [3.8, 4) is 0 Å². The first kappa shape index (κ1) is 15.5. The number of thiophene rings is 1. The van der Waals surface area contributed by atoms with Gasteiger partial charge in [0.15, 0.2) is 0 Å². The van der Waals surface area contributed by atoms with Crippen LogP contribution in [-0.4, -0.2) is 23.0 Å². The summed E-state index contributed by atoms with van der Waals surface area (Å²) in [6.07, 6.45) is 3.12. The molecule has 0 radical (unpaired) electrons. The molecular weight excluding hydrogens is 292 g/mol. The van der Waals surface area contributed by atoms with Gasteiger partial charge in [-0.15, -0.1) is 11.3 Å². The van der Waals surface area contributed by atoms with E-state index in [1.54, 1.807) is 11.3 Å². The topological polar surface area (TPSA) is 95.5 Å². The van der Waals surface area contributed by atoms with E-state index in [1.807, 2.05) is 11.4 Å². The molecule has 0 fully saturated rings. The number of urea groups is 1. The number of carboxylic acids is 1. The zero-order valence-corrected chi connectivity index (χ0v) is 12.4. The first-order chi connectivity index (χ1) is 10.1. The first-order valence-electron chi connectivity index (χ1n) is 6.94. The van der Waals surface area contributed by atoms with Gasteiger partial charge in [0.25, 0.3) is 0 Å². The Morgan fingerprint density at radius 3 is 2.90 bits per heavy atom. The number of hydrogen-bond donors (Lipinski definition) is 3. The van der Waals surface area contributed by atoms with Gasteiger partial charge in [0, 0.05) is 17.7 Å². The number of aliphatic carboxylic acids is 1. The van der Waals surface area contributed by atoms with Gasteiger partial charge in [-0.2, -0.15) is 0 Å². The lowest BCUT2D eigenvalue weighted by atomic mass is 9.94. The molecule has 114 valence electrons. The molecule has 3 amide bonds. The Morgan fingerprint density at radius 1 is 1.33 bits per heavy atom. The van der Waals surface area contributed by atoms with Crippen LogP contribution >= 0.6 is 11.3 Å². The summed E-state index contributed by atoms with van der Waals surface area (Å²) in [5.41, 5.74) is 1.14. The Balaban J connectivity index is 1.78. The second-order valence-electron chi connectivity index (χ2n) is 5.01. The molecule has 0 spiro atoms. The third-order valence-corrected chi connectivity index (χ3v) is 4.40. The molecule has 0 bridgehead atoms. The van der Waals surface area contributed by atoms with Crippen LogP contribution in [0.4, 0.5) is 4.79 Å². The fourth-order valence-electron chi connectivity index (χ4n) is 2.42. The minimum absolute atomic E-state index is 0.0358. The van der Waals surface area contributed by atoms with Crippen LogP contribution in [0.5, 0.6) is 0 Å². The predicted octanol–water partition coefficient (Wildman–Crippen LogP) is 2.21. The standard InChI is InChI=1S/C14H18N2O4S/c17-12(5-2-6-13(18)19)16-14(20)15-10-3-1-4-11-9(10)7-8-21-11/h7-8,10H,1-6H2,(H,18,19)(H2,15,16,17,20). The predicted molar refractivity (Wildman–Crippen MR) is 78.2 cm³/mol. The summed E-state index contributed by atoms with van der Waals surface area (Å²) in [7, 11) is 0. The SMILES string of the molecule is O=C(O)CCCC(=O)NC(=O)NC1CCCc2sccc21. The fraction of sp³-hybridized carbons (Fsp3) is 0.500. The normalized spacial score (nSPS) is 16.9. The van der Waals surface area contributed by atoms with Gasteiger partial charge in [0.2, 0.25) is 5.91 Å². The number of carbonyl (C=O) groups is 3. The maximum absolute atomic E-state index is 11.8. The number of hydrogen-bond acceptors (Lipinski definition) is 4. The van der Waals surface area contributed by atoms with E-state index in [1.165, 1.54) is 4.88 Å². The van der Waals surface area contributed by atoms with E-state index < -0.39 is 17.9 Å². The monoisotopic (exact) mass is 310 g/mol. The molecule has 1 aromatic rings. The van der Waals surface area contributed by atoms with Crippen LogP contribution < -0.4 is 10.6 Å². The van der Waals surface area contributed by atoms with Crippen LogP contribution in [-0.2, 0) is 16.0 Å². The highest BCUT2D eigenvalue weighted by molar-refractivity contribution is 7.10. The summed E-state index contributed by atoms with van der Waals surface area (Å²) in [6, 6.07) is 1.45. The number of aryl methyl sites for hydroxylation is 1. The molecule has 0 saturated heterocycles. The van der Waals surface area contributed by atoms with Crippen molar-refractivity contribution in [2.45, 2.75) is 44.6 Å². The highest BCUT2D eigenvalue weighted by Gasteiger charge is 2.23. The van der Waals surface area contributed by atoms with Gasteiger partial charge in [-0.1, -0.05) is 0 Å². The summed E-state index contributed by atoms with van der Waals surface area (Å²) in [6.45, 7) is 0. The van der Waals surface area contributed by atoms with E-state index in [4.69, 9.17) is 5.11 Å². The van der Waals surface area contributed by atoms with Crippen LogP contribution in [0.3, 0.4) is 0 Å². The summed E-state index contributed by atoms with van der Waals surface area (Å²) < 4.78 is 0. The lowest BCUT2D eigenvalue weighted by molar-refractivity contribution is -0.137. The summed E-state index contributed by atoms with van der Waals surface area (Å²) in [5.74, 6) is -1.39. The Hall–Kier alpha value is -1.89. The van der Waals surface area contributed by atoms with Crippen molar-refractivity contribution in [3.63, 3.8) is 0 Å². The minimum Gasteiger partial charge on any atom is -0.481 e. The summed E-state index contributed by atoms with van der Waals surface area (Å²) in [4.78, 5) is 34.9. The number of amides is 3. The molecule has 1 atom stereocenters. The van der Waals surface area contributed by atoms with Crippen molar-refractivity contribution < 1.29 is 19.5 Å². The van der Waals surface area contributed by atoms with Gasteiger partial charge in [0.1, 0.15) is 0 Å². The van der Waals surface area contributed by atoms with Crippen molar-refractivity contribution >= 4 is 29.2 Å². The van der Waals surface area contributed by atoms with Crippen LogP contribution in [0.1, 0.15) is 48.6 Å². The average Bonchev–Trinajstić information content (AvgIpc) is 2.87. The zero-order valence-electron chi connectivity index (χ0n) is 11.6. The highest BCUT2D eigenvalue weighted by atomic mass is 32.1. The van der Waals surface area contributed by atoms with Crippen molar-refractivity contribution in [1.29, 1.82) is 0 Å². The second-order valence-corrected chi connectivity index (χ2v) is 6.01. The largest absolute Gasteiger partial charge is 0.481 e. The molecule has 2 rings (SSSR count). The molecule has 0 aromatic carbocycles. The molecule has 6 nitrogen and oxygen atoms in total. The molecule has 1 aliphatic rings. The van der Waals surface area contributed by atoms with Gasteiger partial charge in [0.05, 0.1) is 6.04 Å². The van der Waals surface area contributed by atoms with Gasteiger partial charge < -0.3 is 10.4 Å². The lowest BCUT2D eigenvalue weighted by Crippen LogP contribution is -2.41. The van der Waals surface area contributed by atoms with Crippen molar-refractivity contribution in [2.75, 3.05) is 0 Å². The Morgan fingerprint density at radius 2 is 2.14 bits per heavy atom. The molecule has 1 heterocycles. The van der Waals surface area contributed by atoms with Crippen molar-refractivity contribution in [2.24, 2.45) is 0 Å². The molecule has 21 heavy (non-hydrogen) atoms. The second kappa shape index (κ2) is 7.21. The van der Waals surface area contributed by atoms with E-state index in [-0.39, 0.29) is 25.3 Å².